The predicted octanol–water partition coefficient (Wildman–Crippen LogP) is 2.79. The number of rotatable bonds is 7. The Bertz CT molecular complexity index is 658. The van der Waals surface area contributed by atoms with Gasteiger partial charge in [0.25, 0.3) is 0 Å². The summed E-state index contributed by atoms with van der Waals surface area (Å²) in [5.41, 5.74) is 0.540. The zero-order valence-corrected chi connectivity index (χ0v) is 18.2. The van der Waals surface area contributed by atoms with Gasteiger partial charge < -0.3 is 29.7 Å². The number of guanidine groups is 1. The number of fused-ring (bicyclic) bond motifs is 1. The summed E-state index contributed by atoms with van der Waals surface area (Å²) in [6.45, 7) is 1.41. The fraction of sp³-hybridized carbons (Fsp3) is 0.611. The second-order valence-corrected chi connectivity index (χ2v) is 6.45. The van der Waals surface area contributed by atoms with Crippen LogP contribution in [0.5, 0.6) is 17.2 Å². The Morgan fingerprint density at radius 2 is 1.89 bits per heavy atom. The van der Waals surface area contributed by atoms with Crippen molar-refractivity contribution >= 4 is 29.9 Å². The van der Waals surface area contributed by atoms with E-state index >= 15 is 0 Å². The zero-order valence-electron chi connectivity index (χ0n) is 15.9. The van der Waals surface area contributed by atoms with E-state index in [0.29, 0.717) is 23.0 Å². The van der Waals surface area contributed by atoms with E-state index in [9.17, 15) is 8.78 Å². The van der Waals surface area contributed by atoms with Crippen LogP contribution in [0.4, 0.5) is 8.78 Å². The predicted molar refractivity (Wildman–Crippen MR) is 113 cm³/mol. The first kappa shape index (κ1) is 22.7. The summed E-state index contributed by atoms with van der Waals surface area (Å²) >= 11 is 0. The maximum absolute atomic E-state index is 12.7. The maximum atomic E-state index is 12.7. The van der Waals surface area contributed by atoms with Crippen molar-refractivity contribution < 1.29 is 23.0 Å². The Kier molecular flexibility index (Phi) is 9.29. The van der Waals surface area contributed by atoms with Gasteiger partial charge in [-0.15, -0.1) is 24.0 Å². The van der Waals surface area contributed by atoms with Crippen LogP contribution >= 0.6 is 24.0 Å². The van der Waals surface area contributed by atoms with Gasteiger partial charge in [0, 0.05) is 38.3 Å². The van der Waals surface area contributed by atoms with Crippen molar-refractivity contribution in [2.45, 2.75) is 32.4 Å². The van der Waals surface area contributed by atoms with E-state index in [-0.39, 0.29) is 43.1 Å². The highest BCUT2D eigenvalue weighted by molar-refractivity contribution is 14.0. The molecule has 28 heavy (non-hydrogen) atoms. The van der Waals surface area contributed by atoms with E-state index in [2.05, 4.69) is 25.3 Å². The van der Waals surface area contributed by atoms with Gasteiger partial charge in [-0.2, -0.15) is 8.78 Å². The zero-order chi connectivity index (χ0) is 19.1. The van der Waals surface area contributed by atoms with Gasteiger partial charge in [0.2, 0.25) is 6.79 Å². The molecular formula is C18H27F2IN4O3. The highest BCUT2D eigenvalue weighted by Gasteiger charge is 2.20. The molecule has 0 amide bonds. The minimum absolute atomic E-state index is 0. The summed E-state index contributed by atoms with van der Waals surface area (Å²) in [4.78, 5) is 6.61. The molecule has 0 radical (unpaired) electrons. The number of alkyl halides is 2. The first-order valence-electron chi connectivity index (χ1n) is 9.20. The first-order valence-corrected chi connectivity index (χ1v) is 9.20. The molecule has 3 rings (SSSR count). The number of hydrogen-bond acceptors (Lipinski definition) is 5. The molecular weight excluding hydrogens is 485 g/mol. The van der Waals surface area contributed by atoms with Crippen molar-refractivity contribution in [2.24, 2.45) is 4.99 Å². The van der Waals surface area contributed by atoms with Crippen LogP contribution in [0.1, 0.15) is 24.8 Å². The second kappa shape index (κ2) is 11.4. The van der Waals surface area contributed by atoms with Crippen LogP contribution in [-0.2, 0) is 6.54 Å². The molecule has 0 bridgehead atoms. The van der Waals surface area contributed by atoms with Gasteiger partial charge in [-0.3, -0.25) is 4.99 Å². The van der Waals surface area contributed by atoms with E-state index in [0.717, 1.165) is 26.2 Å². The fourth-order valence-corrected chi connectivity index (χ4v) is 3.22. The van der Waals surface area contributed by atoms with Crippen LogP contribution in [0.3, 0.4) is 0 Å². The van der Waals surface area contributed by atoms with Crippen LogP contribution in [0.2, 0.25) is 0 Å². The van der Waals surface area contributed by atoms with Crippen molar-refractivity contribution in [1.29, 1.82) is 0 Å². The van der Waals surface area contributed by atoms with Crippen molar-refractivity contribution in [1.82, 2.24) is 15.5 Å². The molecule has 158 valence electrons. The van der Waals surface area contributed by atoms with E-state index < -0.39 is 6.61 Å². The molecule has 0 spiro atoms. The Morgan fingerprint density at radius 1 is 1.18 bits per heavy atom. The van der Waals surface area contributed by atoms with Crippen molar-refractivity contribution in [3.63, 3.8) is 0 Å². The van der Waals surface area contributed by atoms with E-state index in [1.54, 1.807) is 13.1 Å². The molecule has 2 aliphatic rings. The lowest BCUT2D eigenvalue weighted by atomic mass is 10.1. The summed E-state index contributed by atoms with van der Waals surface area (Å²) < 4.78 is 40.6. The van der Waals surface area contributed by atoms with Crippen LogP contribution in [-0.4, -0.2) is 57.5 Å². The van der Waals surface area contributed by atoms with E-state index in [1.165, 1.54) is 25.3 Å². The summed E-state index contributed by atoms with van der Waals surface area (Å²) in [5, 5.41) is 6.38. The van der Waals surface area contributed by atoms with Gasteiger partial charge in [-0.05, 0) is 32.0 Å². The Labute approximate surface area is 180 Å². The SMILES string of the molecule is CN=C(NCCN1CCCCC1)NCc1cc2c(cc1OC(F)F)OCO2.I. The van der Waals surface area contributed by atoms with E-state index in [4.69, 9.17) is 9.47 Å². The Morgan fingerprint density at radius 3 is 2.57 bits per heavy atom. The lowest BCUT2D eigenvalue weighted by Gasteiger charge is -2.26. The number of aliphatic imine (C=N–C) groups is 1. The third kappa shape index (κ3) is 6.50. The van der Waals surface area contributed by atoms with Gasteiger partial charge in [-0.25, -0.2) is 0 Å². The topological polar surface area (TPSA) is 67.4 Å². The minimum atomic E-state index is -2.91. The molecule has 1 aromatic rings. The highest BCUT2D eigenvalue weighted by atomic mass is 127. The average molecular weight is 512 g/mol. The third-order valence-corrected chi connectivity index (χ3v) is 4.61. The molecule has 2 N–H and O–H groups in total. The molecule has 0 saturated carbocycles. The molecule has 0 aliphatic carbocycles. The normalized spacial score (nSPS) is 16.6. The smallest absolute Gasteiger partial charge is 0.387 e. The molecule has 2 aliphatic heterocycles. The van der Waals surface area contributed by atoms with Gasteiger partial charge in [0.15, 0.2) is 17.5 Å². The van der Waals surface area contributed by atoms with Gasteiger partial charge in [0.05, 0.1) is 0 Å². The Hall–Kier alpha value is -1.56. The number of hydrogen-bond donors (Lipinski definition) is 2. The minimum Gasteiger partial charge on any atom is -0.454 e. The number of ether oxygens (including phenoxy) is 3. The summed E-state index contributed by atoms with van der Waals surface area (Å²) in [6, 6.07) is 3.08. The number of likely N-dealkylation sites (tertiary alicyclic amines) is 1. The highest BCUT2D eigenvalue weighted by Crippen LogP contribution is 2.38. The van der Waals surface area contributed by atoms with Crippen molar-refractivity contribution in [2.75, 3.05) is 40.0 Å². The molecule has 7 nitrogen and oxygen atoms in total. The standard InChI is InChI=1S/C18H26F2N4O3.HI/c1-21-18(22-5-8-24-6-3-2-4-7-24)23-11-13-9-15-16(26-12-25-15)10-14(13)27-17(19)20;/h9-10,17H,2-8,11-12H2,1H3,(H2,21,22,23);1H. The van der Waals surface area contributed by atoms with Crippen LogP contribution in [0, 0.1) is 0 Å². The number of nitrogens with zero attached hydrogens (tertiary/aromatic N) is 2. The molecule has 0 atom stereocenters. The molecule has 0 unspecified atom stereocenters. The summed E-state index contributed by atoms with van der Waals surface area (Å²) in [6.07, 6.45) is 3.82. The Balaban J connectivity index is 0.00000280. The first-order chi connectivity index (χ1) is 13.2. The van der Waals surface area contributed by atoms with E-state index in [1.807, 2.05) is 0 Å². The van der Waals surface area contributed by atoms with Gasteiger partial charge >= 0.3 is 6.61 Å². The third-order valence-electron chi connectivity index (χ3n) is 4.61. The molecule has 1 fully saturated rings. The maximum Gasteiger partial charge on any atom is 0.387 e. The largest absolute Gasteiger partial charge is 0.454 e. The van der Waals surface area contributed by atoms with Crippen molar-refractivity contribution in [3.05, 3.63) is 17.7 Å². The monoisotopic (exact) mass is 512 g/mol. The molecule has 2 heterocycles. The number of halogens is 3. The van der Waals surface area contributed by atoms with Crippen molar-refractivity contribution in [3.8, 4) is 17.2 Å². The quantitative estimate of drug-likeness (QED) is 0.333. The molecule has 1 aromatic carbocycles. The second-order valence-electron chi connectivity index (χ2n) is 6.45. The number of piperidine rings is 1. The number of nitrogens with one attached hydrogen (secondary N) is 2. The number of benzene rings is 1. The van der Waals surface area contributed by atoms with Crippen LogP contribution < -0.4 is 24.8 Å². The summed E-state index contributed by atoms with van der Waals surface area (Å²) in [5.74, 6) is 1.58. The van der Waals surface area contributed by atoms with Crippen LogP contribution in [0.25, 0.3) is 0 Å². The lowest BCUT2D eigenvalue weighted by molar-refractivity contribution is -0.0505. The lowest BCUT2D eigenvalue weighted by Crippen LogP contribution is -2.42. The molecule has 0 aromatic heterocycles. The summed E-state index contributed by atoms with van der Waals surface area (Å²) in [7, 11) is 1.67. The van der Waals surface area contributed by atoms with Crippen LogP contribution in [0.15, 0.2) is 17.1 Å². The molecule has 10 heteroatoms. The average Bonchev–Trinajstić information content (AvgIpc) is 3.12. The molecule has 1 saturated heterocycles. The van der Waals surface area contributed by atoms with Gasteiger partial charge in [-0.1, -0.05) is 6.42 Å². The fourth-order valence-electron chi connectivity index (χ4n) is 3.22. The van der Waals surface area contributed by atoms with Gasteiger partial charge in [0.1, 0.15) is 5.75 Å².